The van der Waals surface area contributed by atoms with Crippen LogP contribution in [0.3, 0.4) is 0 Å². The van der Waals surface area contributed by atoms with Crippen molar-refractivity contribution in [1.29, 1.82) is 0 Å². The van der Waals surface area contributed by atoms with Crippen LogP contribution in [0.1, 0.15) is 27.9 Å². The summed E-state index contributed by atoms with van der Waals surface area (Å²) in [5.41, 5.74) is 2.49. The Morgan fingerprint density at radius 1 is 0.963 bits per heavy atom. The van der Waals surface area contributed by atoms with Crippen LogP contribution < -0.4 is 15.8 Å². The molecule has 0 atom stereocenters. The summed E-state index contributed by atoms with van der Waals surface area (Å²) in [6, 6.07) is 13.4. The number of imide groups is 1. The zero-order valence-electron chi connectivity index (χ0n) is 14.4. The number of rotatable bonds is 6. The van der Waals surface area contributed by atoms with E-state index >= 15 is 0 Å². The second-order valence-corrected chi connectivity index (χ2v) is 7.69. The van der Waals surface area contributed by atoms with E-state index in [9.17, 15) is 18.0 Å². The first kappa shape index (κ1) is 18.8. The number of hydrogen-bond acceptors (Lipinski definition) is 5. The standard InChI is InChI=1S/C19H19N3O4S/c20-27(25,26)14-9-7-13(8-10-14)4-3-11-21-12-17-15-5-1-2-6-16(15)18(23)22-19(17)24/h1-2,5-10,12,21H,3-4,11H2,(H2,20,25,26)(H,22,23,24). The van der Waals surface area contributed by atoms with Crippen molar-refractivity contribution in [3.05, 3.63) is 71.4 Å². The molecule has 0 fully saturated rings. The smallest absolute Gasteiger partial charge is 0.260 e. The summed E-state index contributed by atoms with van der Waals surface area (Å²) >= 11 is 0. The lowest BCUT2D eigenvalue weighted by Gasteiger charge is -2.18. The van der Waals surface area contributed by atoms with Gasteiger partial charge in [-0.1, -0.05) is 30.3 Å². The SMILES string of the molecule is NS(=O)(=O)c1ccc(CCCNC=C2C(=O)NC(=O)c3ccccc32)cc1. The van der Waals surface area contributed by atoms with Crippen molar-refractivity contribution in [3.8, 4) is 0 Å². The number of nitrogens with two attached hydrogens (primary N) is 1. The Kier molecular flexibility index (Phi) is 5.38. The number of nitrogens with one attached hydrogen (secondary N) is 2. The molecule has 2 amide bonds. The van der Waals surface area contributed by atoms with Crippen molar-refractivity contribution in [2.75, 3.05) is 6.54 Å². The Morgan fingerprint density at radius 3 is 2.30 bits per heavy atom. The van der Waals surface area contributed by atoms with E-state index in [2.05, 4.69) is 10.6 Å². The Morgan fingerprint density at radius 2 is 1.63 bits per heavy atom. The van der Waals surface area contributed by atoms with Crippen LogP contribution in [0.25, 0.3) is 5.57 Å². The van der Waals surface area contributed by atoms with Crippen molar-refractivity contribution in [3.63, 3.8) is 0 Å². The topological polar surface area (TPSA) is 118 Å². The van der Waals surface area contributed by atoms with Gasteiger partial charge in [-0.2, -0.15) is 0 Å². The highest BCUT2D eigenvalue weighted by Crippen LogP contribution is 2.23. The molecule has 1 heterocycles. The summed E-state index contributed by atoms with van der Waals surface area (Å²) in [6.45, 7) is 0.615. The van der Waals surface area contributed by atoms with Gasteiger partial charge < -0.3 is 5.32 Å². The Hall–Kier alpha value is -2.97. The molecular weight excluding hydrogens is 366 g/mol. The van der Waals surface area contributed by atoms with E-state index in [4.69, 9.17) is 5.14 Å². The molecule has 7 nitrogen and oxygen atoms in total. The van der Waals surface area contributed by atoms with E-state index in [1.54, 1.807) is 42.6 Å². The number of amides is 2. The van der Waals surface area contributed by atoms with Crippen LogP contribution in [0, 0.1) is 0 Å². The van der Waals surface area contributed by atoms with Crippen LogP contribution >= 0.6 is 0 Å². The fourth-order valence-electron chi connectivity index (χ4n) is 2.83. The van der Waals surface area contributed by atoms with Crippen molar-refractivity contribution in [2.24, 2.45) is 5.14 Å². The lowest BCUT2D eigenvalue weighted by Crippen LogP contribution is -2.37. The molecule has 0 radical (unpaired) electrons. The third-order valence-corrected chi connectivity index (χ3v) is 5.15. The molecule has 0 unspecified atom stereocenters. The number of aryl methyl sites for hydroxylation is 1. The Bertz CT molecular complexity index is 1010. The van der Waals surface area contributed by atoms with E-state index in [0.717, 1.165) is 18.4 Å². The first-order valence-corrected chi connectivity index (χ1v) is 9.91. The molecule has 0 aliphatic carbocycles. The summed E-state index contributed by atoms with van der Waals surface area (Å²) in [6.07, 6.45) is 3.13. The molecule has 0 saturated heterocycles. The van der Waals surface area contributed by atoms with Gasteiger partial charge in [-0.15, -0.1) is 0 Å². The molecule has 0 aromatic heterocycles. The Labute approximate surface area is 157 Å². The lowest BCUT2D eigenvalue weighted by molar-refractivity contribution is -0.114. The zero-order valence-corrected chi connectivity index (χ0v) is 15.3. The van der Waals surface area contributed by atoms with Crippen LogP contribution in [0.2, 0.25) is 0 Å². The maximum atomic E-state index is 12.1. The minimum atomic E-state index is -3.68. The van der Waals surface area contributed by atoms with Gasteiger partial charge in [0.15, 0.2) is 0 Å². The summed E-state index contributed by atoms with van der Waals surface area (Å²) in [5, 5.41) is 10.5. The molecule has 8 heteroatoms. The summed E-state index contributed by atoms with van der Waals surface area (Å²) in [5.74, 6) is -0.819. The number of benzene rings is 2. The molecule has 0 spiro atoms. The van der Waals surface area contributed by atoms with Gasteiger partial charge in [-0.25, -0.2) is 13.6 Å². The predicted octanol–water partition coefficient (Wildman–Crippen LogP) is 1.17. The maximum Gasteiger partial charge on any atom is 0.260 e. The zero-order chi connectivity index (χ0) is 19.4. The lowest BCUT2D eigenvalue weighted by atomic mass is 9.96. The molecule has 3 rings (SSSR count). The number of fused-ring (bicyclic) bond motifs is 1. The first-order chi connectivity index (χ1) is 12.9. The predicted molar refractivity (Wildman–Crippen MR) is 101 cm³/mol. The van der Waals surface area contributed by atoms with E-state index in [-0.39, 0.29) is 4.90 Å². The van der Waals surface area contributed by atoms with Gasteiger partial charge in [0.25, 0.3) is 11.8 Å². The van der Waals surface area contributed by atoms with Gasteiger partial charge in [-0.3, -0.25) is 14.9 Å². The molecule has 1 aliphatic rings. The van der Waals surface area contributed by atoms with Crippen LogP contribution in [0.15, 0.2) is 59.6 Å². The van der Waals surface area contributed by atoms with Crippen molar-refractivity contribution < 1.29 is 18.0 Å². The van der Waals surface area contributed by atoms with E-state index in [1.165, 1.54) is 12.1 Å². The molecular formula is C19H19N3O4S. The fourth-order valence-corrected chi connectivity index (χ4v) is 3.35. The highest BCUT2D eigenvalue weighted by atomic mass is 32.2. The van der Waals surface area contributed by atoms with Gasteiger partial charge in [0.05, 0.1) is 10.5 Å². The van der Waals surface area contributed by atoms with Gasteiger partial charge in [0.1, 0.15) is 0 Å². The van der Waals surface area contributed by atoms with Gasteiger partial charge >= 0.3 is 0 Å². The van der Waals surface area contributed by atoms with Gasteiger partial charge in [0, 0.05) is 23.9 Å². The molecule has 140 valence electrons. The molecule has 2 aromatic carbocycles. The Balaban J connectivity index is 1.58. The van der Waals surface area contributed by atoms with E-state index in [0.29, 0.717) is 23.2 Å². The molecule has 4 N–H and O–H groups in total. The average molecular weight is 385 g/mol. The first-order valence-electron chi connectivity index (χ1n) is 8.36. The third-order valence-electron chi connectivity index (χ3n) is 4.22. The van der Waals surface area contributed by atoms with Crippen LogP contribution in [-0.4, -0.2) is 26.8 Å². The largest absolute Gasteiger partial charge is 0.390 e. The quantitative estimate of drug-likeness (QED) is 0.392. The fraction of sp³-hybridized carbons (Fsp3) is 0.158. The van der Waals surface area contributed by atoms with Crippen molar-refractivity contribution >= 4 is 27.4 Å². The number of hydrogen-bond donors (Lipinski definition) is 3. The number of primary sulfonamides is 1. The molecule has 2 aromatic rings. The average Bonchev–Trinajstić information content (AvgIpc) is 2.63. The third kappa shape index (κ3) is 4.42. The van der Waals surface area contributed by atoms with Crippen LogP contribution in [0.5, 0.6) is 0 Å². The number of carbonyl (C=O) groups is 2. The van der Waals surface area contributed by atoms with Gasteiger partial charge in [-0.05, 0) is 36.6 Å². The summed E-state index contributed by atoms with van der Waals surface area (Å²) in [4.78, 5) is 24.0. The number of carbonyl (C=O) groups excluding carboxylic acids is 2. The van der Waals surface area contributed by atoms with Crippen LogP contribution in [0.4, 0.5) is 0 Å². The van der Waals surface area contributed by atoms with E-state index < -0.39 is 21.8 Å². The van der Waals surface area contributed by atoms with Crippen LogP contribution in [-0.2, 0) is 21.2 Å². The summed E-state index contributed by atoms with van der Waals surface area (Å²) in [7, 11) is -3.68. The van der Waals surface area contributed by atoms with Crippen molar-refractivity contribution in [1.82, 2.24) is 10.6 Å². The highest BCUT2D eigenvalue weighted by Gasteiger charge is 2.26. The minimum absolute atomic E-state index is 0.0885. The molecule has 0 bridgehead atoms. The normalized spacial score (nSPS) is 15.4. The minimum Gasteiger partial charge on any atom is -0.390 e. The van der Waals surface area contributed by atoms with Gasteiger partial charge in [0.2, 0.25) is 10.0 Å². The second-order valence-electron chi connectivity index (χ2n) is 6.13. The van der Waals surface area contributed by atoms with Crippen molar-refractivity contribution in [2.45, 2.75) is 17.7 Å². The second kappa shape index (κ2) is 7.73. The molecule has 27 heavy (non-hydrogen) atoms. The number of sulfonamides is 1. The molecule has 1 aliphatic heterocycles. The monoisotopic (exact) mass is 385 g/mol. The summed E-state index contributed by atoms with van der Waals surface area (Å²) < 4.78 is 22.5. The van der Waals surface area contributed by atoms with E-state index in [1.807, 2.05) is 0 Å². The maximum absolute atomic E-state index is 12.1. The highest BCUT2D eigenvalue weighted by molar-refractivity contribution is 7.89. The molecule has 0 saturated carbocycles.